The Morgan fingerprint density at radius 2 is 1.96 bits per heavy atom. The molecule has 2 rings (SSSR count). The molecule has 1 fully saturated rings. The van der Waals surface area contributed by atoms with Crippen LogP contribution in [0.1, 0.15) is 33.1 Å². The van der Waals surface area contributed by atoms with Gasteiger partial charge in [0.05, 0.1) is 11.8 Å². The molecule has 1 atom stereocenters. The summed E-state index contributed by atoms with van der Waals surface area (Å²) in [4.78, 5) is 22.3. The Kier molecular flexibility index (Phi) is 6.64. The van der Waals surface area contributed by atoms with Crippen LogP contribution in [0.4, 0.5) is 5.95 Å². The van der Waals surface area contributed by atoms with Crippen LogP contribution in [-0.2, 0) is 14.8 Å². The van der Waals surface area contributed by atoms with Crippen molar-refractivity contribution in [3.05, 3.63) is 18.5 Å². The van der Waals surface area contributed by atoms with Crippen molar-refractivity contribution in [2.24, 2.45) is 0 Å². The van der Waals surface area contributed by atoms with Crippen LogP contribution in [0.3, 0.4) is 0 Å². The van der Waals surface area contributed by atoms with Crippen LogP contribution in [-0.4, -0.2) is 60.1 Å². The van der Waals surface area contributed by atoms with Crippen LogP contribution in [0.15, 0.2) is 18.5 Å². The number of likely N-dealkylation sites (tertiary alicyclic amines) is 1. The minimum Gasteiger partial charge on any atom is -0.293 e. The lowest BCUT2D eigenvalue weighted by Gasteiger charge is -2.35. The molecule has 1 aromatic rings. The molecule has 0 aliphatic carbocycles. The Labute approximate surface area is 143 Å². The van der Waals surface area contributed by atoms with Crippen LogP contribution in [0, 0.1) is 0 Å². The van der Waals surface area contributed by atoms with Crippen molar-refractivity contribution in [3.8, 4) is 0 Å². The Hall–Kier alpha value is -1.58. The number of sulfonamides is 1. The van der Waals surface area contributed by atoms with Crippen LogP contribution in [0.2, 0.25) is 0 Å². The molecule has 1 amide bonds. The van der Waals surface area contributed by atoms with E-state index in [9.17, 15) is 13.2 Å². The molecule has 2 heterocycles. The third-order valence-electron chi connectivity index (χ3n) is 4.08. The van der Waals surface area contributed by atoms with E-state index in [4.69, 9.17) is 0 Å². The minimum absolute atomic E-state index is 0.0504. The minimum atomic E-state index is -3.19. The first-order valence-corrected chi connectivity index (χ1v) is 9.88. The topological polar surface area (TPSA) is 104 Å². The number of nitrogens with one attached hydrogen (secondary N) is 2. The van der Waals surface area contributed by atoms with E-state index in [1.54, 1.807) is 18.5 Å². The van der Waals surface area contributed by atoms with E-state index in [1.165, 1.54) is 0 Å². The second kappa shape index (κ2) is 8.50. The SMILES string of the molecule is CCCS(=O)(=O)NC1CCN([C@H](C)C(=O)Nc2ncccn2)CC1. The summed E-state index contributed by atoms with van der Waals surface area (Å²) in [6.45, 7) is 5.02. The van der Waals surface area contributed by atoms with Crippen LogP contribution >= 0.6 is 0 Å². The van der Waals surface area contributed by atoms with E-state index in [0.717, 1.165) is 0 Å². The summed E-state index contributed by atoms with van der Waals surface area (Å²) in [5, 5.41) is 2.69. The average molecular weight is 355 g/mol. The number of hydrogen-bond donors (Lipinski definition) is 2. The van der Waals surface area contributed by atoms with Crippen LogP contribution in [0.25, 0.3) is 0 Å². The van der Waals surface area contributed by atoms with Gasteiger partial charge in [-0.15, -0.1) is 0 Å². The summed E-state index contributed by atoms with van der Waals surface area (Å²) in [6, 6.07) is 1.32. The molecule has 2 N–H and O–H groups in total. The fourth-order valence-corrected chi connectivity index (χ4v) is 4.13. The zero-order valence-electron chi connectivity index (χ0n) is 14.1. The van der Waals surface area contributed by atoms with Gasteiger partial charge in [-0.2, -0.15) is 0 Å². The Morgan fingerprint density at radius 3 is 2.54 bits per heavy atom. The molecule has 0 unspecified atom stereocenters. The largest absolute Gasteiger partial charge is 0.293 e. The standard InChI is InChI=1S/C15H25N5O3S/c1-3-11-24(22,23)19-13-5-9-20(10-6-13)12(2)14(21)18-15-16-7-4-8-17-15/h4,7-8,12-13,19H,3,5-6,9-11H2,1-2H3,(H,16,17,18,21)/t12-/m1/s1. The molecule has 1 saturated heterocycles. The van der Waals surface area contributed by atoms with Gasteiger partial charge in [-0.3, -0.25) is 15.0 Å². The smallest absolute Gasteiger partial charge is 0.243 e. The Balaban J connectivity index is 1.82. The van der Waals surface area contributed by atoms with Crippen LogP contribution in [0.5, 0.6) is 0 Å². The maximum Gasteiger partial charge on any atom is 0.243 e. The summed E-state index contributed by atoms with van der Waals surface area (Å²) < 4.78 is 26.4. The zero-order valence-corrected chi connectivity index (χ0v) is 14.9. The molecule has 0 spiro atoms. The van der Waals surface area contributed by atoms with Crippen LogP contribution < -0.4 is 10.0 Å². The number of carbonyl (C=O) groups is 1. The third kappa shape index (κ3) is 5.50. The Bertz CT molecular complexity index is 630. The number of aromatic nitrogens is 2. The van der Waals surface area contributed by atoms with E-state index >= 15 is 0 Å². The number of carbonyl (C=O) groups excluding carboxylic acids is 1. The number of anilines is 1. The van der Waals surface area contributed by atoms with Gasteiger partial charge >= 0.3 is 0 Å². The normalized spacial score (nSPS) is 18.2. The number of hydrogen-bond acceptors (Lipinski definition) is 6. The monoisotopic (exact) mass is 355 g/mol. The van der Waals surface area contributed by atoms with Gasteiger partial charge in [0.2, 0.25) is 21.9 Å². The van der Waals surface area contributed by atoms with Crippen molar-refractivity contribution in [2.45, 2.75) is 45.2 Å². The fourth-order valence-electron chi connectivity index (χ4n) is 2.73. The molecular weight excluding hydrogens is 330 g/mol. The van der Waals surface area contributed by atoms with Crippen molar-refractivity contribution >= 4 is 21.9 Å². The molecule has 0 saturated carbocycles. The number of amides is 1. The van der Waals surface area contributed by atoms with E-state index in [1.807, 2.05) is 18.7 Å². The predicted molar refractivity (Wildman–Crippen MR) is 91.9 cm³/mol. The highest BCUT2D eigenvalue weighted by molar-refractivity contribution is 7.89. The molecule has 24 heavy (non-hydrogen) atoms. The van der Waals surface area contributed by atoms with Gasteiger partial charge < -0.3 is 0 Å². The van der Waals surface area contributed by atoms with Gasteiger partial charge in [0.1, 0.15) is 0 Å². The maximum absolute atomic E-state index is 12.3. The molecule has 0 bridgehead atoms. The van der Waals surface area contributed by atoms with Crippen molar-refractivity contribution in [1.82, 2.24) is 19.6 Å². The molecular formula is C15H25N5O3S. The molecule has 1 aliphatic heterocycles. The Morgan fingerprint density at radius 1 is 1.33 bits per heavy atom. The first-order chi connectivity index (χ1) is 11.4. The zero-order chi connectivity index (χ0) is 17.6. The highest BCUT2D eigenvalue weighted by Gasteiger charge is 2.28. The lowest BCUT2D eigenvalue weighted by Crippen LogP contribution is -2.50. The second-order valence-electron chi connectivity index (χ2n) is 5.98. The second-order valence-corrected chi connectivity index (χ2v) is 7.86. The number of piperidine rings is 1. The molecule has 9 heteroatoms. The fraction of sp³-hybridized carbons (Fsp3) is 0.667. The molecule has 1 aromatic heterocycles. The molecule has 8 nitrogen and oxygen atoms in total. The van der Waals surface area contributed by atoms with Gasteiger partial charge in [0.25, 0.3) is 0 Å². The van der Waals surface area contributed by atoms with Gasteiger partial charge in [0, 0.05) is 31.5 Å². The van der Waals surface area contributed by atoms with Gasteiger partial charge in [-0.1, -0.05) is 6.92 Å². The summed E-state index contributed by atoms with van der Waals surface area (Å²) in [7, 11) is -3.19. The van der Waals surface area contributed by atoms with Crippen molar-refractivity contribution in [2.75, 3.05) is 24.2 Å². The first kappa shape index (κ1) is 18.8. The highest BCUT2D eigenvalue weighted by atomic mass is 32.2. The number of rotatable bonds is 7. The average Bonchev–Trinajstić information content (AvgIpc) is 2.55. The predicted octanol–water partition coefficient (Wildman–Crippen LogP) is 0.597. The lowest BCUT2D eigenvalue weighted by atomic mass is 10.0. The van der Waals surface area contributed by atoms with Gasteiger partial charge in [-0.25, -0.2) is 23.1 Å². The van der Waals surface area contributed by atoms with Crippen molar-refractivity contribution < 1.29 is 13.2 Å². The molecule has 0 aromatic carbocycles. The summed E-state index contributed by atoms with van der Waals surface area (Å²) in [6.07, 6.45) is 5.14. The van der Waals surface area contributed by atoms with Crippen molar-refractivity contribution in [3.63, 3.8) is 0 Å². The molecule has 1 aliphatic rings. The van der Waals surface area contributed by atoms with E-state index in [-0.39, 0.29) is 29.7 Å². The summed E-state index contributed by atoms with van der Waals surface area (Å²) >= 11 is 0. The first-order valence-electron chi connectivity index (χ1n) is 8.23. The number of nitrogens with zero attached hydrogens (tertiary/aromatic N) is 3. The lowest BCUT2D eigenvalue weighted by molar-refractivity contribution is -0.121. The van der Waals surface area contributed by atoms with E-state index < -0.39 is 10.0 Å². The third-order valence-corrected chi connectivity index (χ3v) is 5.71. The van der Waals surface area contributed by atoms with Crippen molar-refractivity contribution in [1.29, 1.82) is 0 Å². The maximum atomic E-state index is 12.3. The highest BCUT2D eigenvalue weighted by Crippen LogP contribution is 2.15. The summed E-state index contributed by atoms with van der Waals surface area (Å²) in [5.41, 5.74) is 0. The quantitative estimate of drug-likeness (QED) is 0.742. The van der Waals surface area contributed by atoms with Gasteiger partial charge in [-0.05, 0) is 32.3 Å². The van der Waals surface area contributed by atoms with Gasteiger partial charge in [0.15, 0.2) is 0 Å². The molecule has 0 radical (unpaired) electrons. The van der Waals surface area contributed by atoms with E-state index in [2.05, 4.69) is 20.0 Å². The molecule has 134 valence electrons. The van der Waals surface area contributed by atoms with E-state index in [0.29, 0.717) is 32.4 Å². The summed E-state index contributed by atoms with van der Waals surface area (Å²) in [5.74, 6) is 0.283.